The third-order valence-corrected chi connectivity index (χ3v) is 7.62. The molecule has 4 aliphatic rings. The highest BCUT2D eigenvalue weighted by Gasteiger charge is 2.61. The van der Waals surface area contributed by atoms with Gasteiger partial charge in [-0.25, -0.2) is 0 Å². The number of ether oxygens (including phenoxy) is 1. The van der Waals surface area contributed by atoms with Crippen molar-refractivity contribution in [2.24, 2.45) is 17.3 Å². The van der Waals surface area contributed by atoms with Gasteiger partial charge in [-0.15, -0.1) is 0 Å². The summed E-state index contributed by atoms with van der Waals surface area (Å²) in [6.45, 7) is 3.08. The molecular weight excluding hydrogens is 427 g/mol. The number of hydrogen-bond donors (Lipinski definition) is 2. The standard InChI is InChI=1S/C22H26Cl2N2O4/c1-12(19(28)25-17-5-3-4-16(23)18(17)24)30-20(29)21-7-14-6-15(8-21)10-22(9-14,11-21)26-13(2)27/h3-5,12,14-15H,6-11H2,1-2H3,(H,25,28)(H,26,27). The highest BCUT2D eigenvalue weighted by Crippen LogP contribution is 2.62. The highest BCUT2D eigenvalue weighted by molar-refractivity contribution is 6.44. The van der Waals surface area contributed by atoms with Gasteiger partial charge in [0.2, 0.25) is 5.91 Å². The maximum absolute atomic E-state index is 13.3. The molecule has 0 spiro atoms. The van der Waals surface area contributed by atoms with Crippen molar-refractivity contribution in [3.63, 3.8) is 0 Å². The molecule has 8 heteroatoms. The third kappa shape index (κ3) is 3.92. The summed E-state index contributed by atoms with van der Waals surface area (Å²) in [4.78, 5) is 37.6. The summed E-state index contributed by atoms with van der Waals surface area (Å²) in [5.41, 5.74) is -0.583. The minimum Gasteiger partial charge on any atom is -0.452 e. The third-order valence-electron chi connectivity index (χ3n) is 6.80. The molecule has 2 N–H and O–H groups in total. The van der Waals surface area contributed by atoms with Crippen molar-refractivity contribution >= 4 is 46.7 Å². The molecule has 3 atom stereocenters. The van der Waals surface area contributed by atoms with Crippen molar-refractivity contribution in [3.8, 4) is 0 Å². The van der Waals surface area contributed by atoms with E-state index in [2.05, 4.69) is 10.6 Å². The summed E-state index contributed by atoms with van der Waals surface area (Å²) in [5, 5.41) is 6.38. The maximum Gasteiger partial charge on any atom is 0.312 e. The van der Waals surface area contributed by atoms with Crippen LogP contribution in [0.15, 0.2) is 18.2 Å². The van der Waals surface area contributed by atoms with Gasteiger partial charge in [0, 0.05) is 12.5 Å². The van der Waals surface area contributed by atoms with Gasteiger partial charge in [0.05, 0.1) is 21.1 Å². The number of amides is 2. The van der Waals surface area contributed by atoms with Crippen LogP contribution in [0, 0.1) is 17.3 Å². The number of hydrogen-bond acceptors (Lipinski definition) is 4. The number of halogens is 2. The SMILES string of the molecule is CC(=O)NC12CC3CC(C1)CC(C(=O)OC(C)C(=O)Nc1cccc(Cl)c1Cl)(C3)C2. The molecule has 4 aliphatic carbocycles. The number of carbonyl (C=O) groups is 3. The quantitative estimate of drug-likeness (QED) is 0.650. The Balaban J connectivity index is 1.46. The molecule has 3 unspecified atom stereocenters. The number of anilines is 1. The molecule has 4 fully saturated rings. The molecule has 1 aromatic rings. The van der Waals surface area contributed by atoms with Gasteiger partial charge in [0.25, 0.3) is 5.91 Å². The first-order chi connectivity index (χ1) is 14.1. The second kappa shape index (κ2) is 7.72. The Morgan fingerprint density at radius 3 is 2.43 bits per heavy atom. The maximum atomic E-state index is 13.3. The zero-order chi connectivity index (χ0) is 21.7. The fourth-order valence-corrected chi connectivity index (χ4v) is 6.54. The number of nitrogens with one attached hydrogen (secondary N) is 2. The van der Waals surface area contributed by atoms with Crippen molar-refractivity contribution in [2.75, 3.05) is 5.32 Å². The van der Waals surface area contributed by atoms with Crippen LogP contribution in [0.5, 0.6) is 0 Å². The summed E-state index contributed by atoms with van der Waals surface area (Å²) in [6.07, 6.45) is 4.07. The molecule has 0 saturated heterocycles. The zero-order valence-electron chi connectivity index (χ0n) is 17.1. The molecule has 0 aromatic heterocycles. The van der Waals surface area contributed by atoms with Gasteiger partial charge in [0.1, 0.15) is 0 Å². The fraction of sp³-hybridized carbons (Fsp3) is 0.591. The fourth-order valence-electron chi connectivity index (χ4n) is 6.19. The second-order valence-corrected chi connectivity index (χ2v) is 10.1. The predicted octanol–water partition coefficient (Wildman–Crippen LogP) is 4.34. The second-order valence-electron chi connectivity index (χ2n) is 9.34. The number of carbonyl (C=O) groups excluding carboxylic acids is 3. The first kappa shape index (κ1) is 21.4. The lowest BCUT2D eigenvalue weighted by Crippen LogP contribution is -2.65. The Kier molecular flexibility index (Phi) is 5.52. The first-order valence-corrected chi connectivity index (χ1v) is 11.1. The molecule has 2 amide bonds. The van der Waals surface area contributed by atoms with Crippen molar-refractivity contribution in [1.29, 1.82) is 0 Å². The molecule has 0 heterocycles. The Bertz CT molecular complexity index is 889. The van der Waals surface area contributed by atoms with Crippen LogP contribution in [0.3, 0.4) is 0 Å². The minimum atomic E-state index is -0.975. The normalized spacial score (nSPS) is 32.4. The largest absolute Gasteiger partial charge is 0.452 e. The molecule has 6 nitrogen and oxygen atoms in total. The van der Waals surface area contributed by atoms with Crippen molar-refractivity contribution in [3.05, 3.63) is 28.2 Å². The van der Waals surface area contributed by atoms with E-state index in [1.165, 1.54) is 6.92 Å². The average molecular weight is 453 g/mol. The van der Waals surface area contributed by atoms with Gasteiger partial charge in [-0.1, -0.05) is 29.3 Å². The molecule has 30 heavy (non-hydrogen) atoms. The van der Waals surface area contributed by atoms with Gasteiger partial charge in [-0.2, -0.15) is 0 Å². The van der Waals surface area contributed by atoms with Crippen LogP contribution in [0.2, 0.25) is 10.0 Å². The Hall–Kier alpha value is -1.79. The van der Waals surface area contributed by atoms with Gasteiger partial charge in [-0.05, 0) is 69.4 Å². The van der Waals surface area contributed by atoms with Gasteiger partial charge in [-0.3, -0.25) is 14.4 Å². The smallest absolute Gasteiger partial charge is 0.312 e. The van der Waals surface area contributed by atoms with Crippen LogP contribution in [0.1, 0.15) is 52.4 Å². The minimum absolute atomic E-state index is 0.0633. The zero-order valence-corrected chi connectivity index (χ0v) is 18.6. The highest BCUT2D eigenvalue weighted by atomic mass is 35.5. The first-order valence-electron chi connectivity index (χ1n) is 10.4. The number of esters is 1. The van der Waals surface area contributed by atoms with Crippen LogP contribution < -0.4 is 10.6 Å². The van der Waals surface area contributed by atoms with Crippen molar-refractivity contribution in [1.82, 2.24) is 5.32 Å². The van der Waals surface area contributed by atoms with E-state index in [0.29, 0.717) is 29.0 Å². The molecule has 0 radical (unpaired) electrons. The Labute approximate surface area is 186 Å². The lowest BCUT2D eigenvalue weighted by molar-refractivity contribution is -0.181. The topological polar surface area (TPSA) is 84.5 Å². The predicted molar refractivity (Wildman–Crippen MR) is 114 cm³/mol. The summed E-state index contributed by atoms with van der Waals surface area (Å²) in [5.74, 6) is -0.0632. The van der Waals surface area contributed by atoms with E-state index in [1.54, 1.807) is 25.1 Å². The van der Waals surface area contributed by atoms with Crippen LogP contribution in [-0.2, 0) is 19.1 Å². The van der Waals surface area contributed by atoms with E-state index >= 15 is 0 Å². The van der Waals surface area contributed by atoms with E-state index in [4.69, 9.17) is 27.9 Å². The van der Waals surface area contributed by atoms with Crippen LogP contribution >= 0.6 is 23.2 Å². The van der Waals surface area contributed by atoms with Crippen molar-refractivity contribution in [2.45, 2.75) is 64.0 Å². The molecule has 1 aromatic carbocycles. The molecule has 4 saturated carbocycles. The Morgan fingerprint density at radius 1 is 1.13 bits per heavy atom. The Morgan fingerprint density at radius 2 is 1.80 bits per heavy atom. The van der Waals surface area contributed by atoms with Crippen LogP contribution in [-0.4, -0.2) is 29.4 Å². The van der Waals surface area contributed by atoms with Crippen molar-refractivity contribution < 1.29 is 19.1 Å². The van der Waals surface area contributed by atoms with Gasteiger partial charge >= 0.3 is 5.97 Å². The summed E-state index contributed by atoms with van der Waals surface area (Å²) >= 11 is 12.1. The molecule has 162 valence electrons. The average Bonchev–Trinajstić information content (AvgIpc) is 2.63. The summed E-state index contributed by atoms with van der Waals surface area (Å²) < 4.78 is 5.65. The van der Waals surface area contributed by atoms with Gasteiger partial charge in [0.15, 0.2) is 6.10 Å². The lowest BCUT2D eigenvalue weighted by atomic mass is 9.47. The number of benzene rings is 1. The van der Waals surface area contributed by atoms with Crippen LogP contribution in [0.4, 0.5) is 5.69 Å². The van der Waals surface area contributed by atoms with E-state index in [9.17, 15) is 14.4 Å². The van der Waals surface area contributed by atoms with E-state index in [-0.39, 0.29) is 22.4 Å². The van der Waals surface area contributed by atoms with E-state index < -0.39 is 17.4 Å². The number of rotatable bonds is 5. The van der Waals surface area contributed by atoms with Crippen LogP contribution in [0.25, 0.3) is 0 Å². The molecule has 5 rings (SSSR count). The summed E-state index contributed by atoms with van der Waals surface area (Å²) in [7, 11) is 0. The lowest BCUT2D eigenvalue weighted by Gasteiger charge is -2.60. The van der Waals surface area contributed by atoms with Gasteiger partial charge < -0.3 is 15.4 Å². The monoisotopic (exact) mass is 452 g/mol. The molecular formula is C22H26Cl2N2O4. The molecule has 0 aliphatic heterocycles. The van der Waals surface area contributed by atoms with E-state index in [0.717, 1.165) is 32.1 Å². The molecule has 4 bridgehead atoms. The summed E-state index contributed by atoms with van der Waals surface area (Å²) in [6, 6.07) is 4.94. The van der Waals surface area contributed by atoms with E-state index in [1.807, 2.05) is 0 Å².